The van der Waals surface area contributed by atoms with Crippen molar-refractivity contribution >= 4 is 11.7 Å². The summed E-state index contributed by atoms with van der Waals surface area (Å²) in [4.78, 5) is 15.0. The first-order valence-electron chi connectivity index (χ1n) is 4.29. The summed E-state index contributed by atoms with van der Waals surface area (Å²) >= 11 is 0. The molecule has 1 fully saturated rings. The second-order valence-electron chi connectivity index (χ2n) is 3.06. The summed E-state index contributed by atoms with van der Waals surface area (Å²) in [5, 5.41) is 5.94. The molecular formula is C9H11N3O. The molecule has 0 aliphatic carbocycles. The van der Waals surface area contributed by atoms with Gasteiger partial charge in [0, 0.05) is 19.2 Å². The number of aromatic nitrogens is 1. The SMILES string of the molecule is O=C1CC(Nc2ccccn2)CN1. The molecule has 1 aromatic rings. The van der Waals surface area contributed by atoms with Crippen LogP contribution in [0.3, 0.4) is 0 Å². The summed E-state index contributed by atoms with van der Waals surface area (Å²) in [5.41, 5.74) is 0. The van der Waals surface area contributed by atoms with Crippen molar-refractivity contribution in [1.82, 2.24) is 10.3 Å². The summed E-state index contributed by atoms with van der Waals surface area (Å²) in [5.74, 6) is 0.928. The predicted molar refractivity (Wildman–Crippen MR) is 49.3 cm³/mol. The van der Waals surface area contributed by atoms with Crippen LogP contribution in [0.4, 0.5) is 5.82 Å². The molecule has 4 heteroatoms. The fourth-order valence-corrected chi connectivity index (χ4v) is 1.36. The van der Waals surface area contributed by atoms with Gasteiger partial charge in [-0.05, 0) is 12.1 Å². The quantitative estimate of drug-likeness (QED) is 0.686. The maximum atomic E-state index is 10.9. The first kappa shape index (κ1) is 8.04. The van der Waals surface area contributed by atoms with Crippen LogP contribution >= 0.6 is 0 Å². The molecule has 1 atom stereocenters. The molecule has 4 nitrogen and oxygen atoms in total. The first-order chi connectivity index (χ1) is 6.34. The smallest absolute Gasteiger partial charge is 0.222 e. The normalized spacial score (nSPS) is 21.2. The minimum absolute atomic E-state index is 0.105. The van der Waals surface area contributed by atoms with Crippen molar-refractivity contribution < 1.29 is 4.79 Å². The number of carbonyl (C=O) groups is 1. The molecule has 2 heterocycles. The van der Waals surface area contributed by atoms with E-state index in [4.69, 9.17) is 0 Å². The zero-order chi connectivity index (χ0) is 9.10. The van der Waals surface area contributed by atoms with E-state index < -0.39 is 0 Å². The highest BCUT2D eigenvalue weighted by Gasteiger charge is 2.20. The van der Waals surface area contributed by atoms with Crippen LogP contribution in [0.15, 0.2) is 24.4 Å². The average Bonchev–Trinajstić information content (AvgIpc) is 2.53. The molecule has 2 rings (SSSR count). The Bertz CT molecular complexity index is 299. The van der Waals surface area contributed by atoms with Gasteiger partial charge in [-0.1, -0.05) is 6.07 Å². The van der Waals surface area contributed by atoms with Crippen LogP contribution in [0.2, 0.25) is 0 Å². The number of nitrogens with zero attached hydrogens (tertiary/aromatic N) is 1. The van der Waals surface area contributed by atoms with Crippen molar-refractivity contribution in [2.24, 2.45) is 0 Å². The number of hydrogen-bond donors (Lipinski definition) is 2. The Morgan fingerprint density at radius 2 is 2.46 bits per heavy atom. The molecule has 13 heavy (non-hydrogen) atoms. The van der Waals surface area contributed by atoms with Crippen LogP contribution in [-0.4, -0.2) is 23.5 Å². The molecule has 0 spiro atoms. The molecule has 1 aliphatic heterocycles. The highest BCUT2D eigenvalue weighted by Crippen LogP contribution is 2.07. The summed E-state index contributed by atoms with van der Waals surface area (Å²) in [6.07, 6.45) is 2.27. The van der Waals surface area contributed by atoms with E-state index in [0.29, 0.717) is 13.0 Å². The van der Waals surface area contributed by atoms with Gasteiger partial charge < -0.3 is 10.6 Å². The second-order valence-corrected chi connectivity index (χ2v) is 3.06. The van der Waals surface area contributed by atoms with Crippen LogP contribution in [0.25, 0.3) is 0 Å². The van der Waals surface area contributed by atoms with Crippen molar-refractivity contribution in [3.8, 4) is 0 Å². The lowest BCUT2D eigenvalue weighted by Crippen LogP contribution is -2.22. The number of hydrogen-bond acceptors (Lipinski definition) is 3. The Labute approximate surface area is 76.4 Å². The Kier molecular flexibility index (Phi) is 2.12. The van der Waals surface area contributed by atoms with Gasteiger partial charge in [0.2, 0.25) is 5.91 Å². The highest BCUT2D eigenvalue weighted by molar-refractivity contribution is 5.79. The summed E-state index contributed by atoms with van der Waals surface area (Å²) in [7, 11) is 0. The third-order valence-corrected chi connectivity index (χ3v) is 1.99. The molecule has 68 valence electrons. The van der Waals surface area contributed by atoms with E-state index >= 15 is 0 Å². The molecule has 1 saturated heterocycles. The fraction of sp³-hybridized carbons (Fsp3) is 0.333. The van der Waals surface area contributed by atoms with Gasteiger partial charge in [0.05, 0.1) is 6.04 Å². The van der Waals surface area contributed by atoms with E-state index in [0.717, 1.165) is 5.82 Å². The Morgan fingerprint density at radius 3 is 3.08 bits per heavy atom. The van der Waals surface area contributed by atoms with Gasteiger partial charge in [-0.25, -0.2) is 4.98 Å². The number of nitrogens with one attached hydrogen (secondary N) is 2. The maximum absolute atomic E-state index is 10.9. The molecule has 0 bridgehead atoms. The van der Waals surface area contributed by atoms with Crippen LogP contribution in [0, 0.1) is 0 Å². The maximum Gasteiger partial charge on any atom is 0.222 e. The van der Waals surface area contributed by atoms with Crippen molar-refractivity contribution in [2.75, 3.05) is 11.9 Å². The van der Waals surface area contributed by atoms with Gasteiger partial charge in [-0.2, -0.15) is 0 Å². The molecular weight excluding hydrogens is 166 g/mol. The summed E-state index contributed by atoms with van der Waals surface area (Å²) in [6.45, 7) is 0.690. The minimum Gasteiger partial charge on any atom is -0.365 e. The molecule has 0 radical (unpaired) electrons. The van der Waals surface area contributed by atoms with Crippen molar-refractivity contribution in [2.45, 2.75) is 12.5 Å². The molecule has 0 saturated carbocycles. The van der Waals surface area contributed by atoms with Crippen LogP contribution in [-0.2, 0) is 4.79 Å². The van der Waals surface area contributed by atoms with Crippen molar-refractivity contribution in [3.05, 3.63) is 24.4 Å². The minimum atomic E-state index is 0.105. The van der Waals surface area contributed by atoms with E-state index in [9.17, 15) is 4.79 Å². The zero-order valence-corrected chi connectivity index (χ0v) is 7.16. The molecule has 1 aliphatic rings. The third kappa shape index (κ3) is 1.96. The Balaban J connectivity index is 1.96. The van der Waals surface area contributed by atoms with Gasteiger partial charge in [-0.15, -0.1) is 0 Å². The number of amides is 1. The van der Waals surface area contributed by atoms with Crippen molar-refractivity contribution in [3.63, 3.8) is 0 Å². The largest absolute Gasteiger partial charge is 0.365 e. The highest BCUT2D eigenvalue weighted by atomic mass is 16.1. The lowest BCUT2D eigenvalue weighted by Gasteiger charge is -2.09. The van der Waals surface area contributed by atoms with Crippen molar-refractivity contribution in [1.29, 1.82) is 0 Å². The Hall–Kier alpha value is -1.58. The van der Waals surface area contributed by atoms with Gasteiger partial charge >= 0.3 is 0 Å². The monoisotopic (exact) mass is 177 g/mol. The number of pyridine rings is 1. The molecule has 2 N–H and O–H groups in total. The first-order valence-corrected chi connectivity index (χ1v) is 4.29. The number of rotatable bonds is 2. The molecule has 1 aromatic heterocycles. The number of anilines is 1. The summed E-state index contributed by atoms with van der Waals surface area (Å²) in [6, 6.07) is 5.85. The molecule has 1 amide bonds. The van der Waals surface area contributed by atoms with E-state index in [1.54, 1.807) is 6.20 Å². The topological polar surface area (TPSA) is 54.0 Å². The molecule has 0 aromatic carbocycles. The van der Waals surface area contributed by atoms with E-state index in [1.165, 1.54) is 0 Å². The summed E-state index contributed by atoms with van der Waals surface area (Å²) < 4.78 is 0. The standard InChI is InChI=1S/C9H11N3O/c13-9-5-7(6-11-9)12-8-3-1-2-4-10-8/h1-4,7H,5-6H2,(H,10,12)(H,11,13). The van der Waals surface area contributed by atoms with Crippen LogP contribution < -0.4 is 10.6 Å². The van der Waals surface area contributed by atoms with E-state index in [2.05, 4.69) is 15.6 Å². The number of carbonyl (C=O) groups excluding carboxylic acids is 1. The van der Waals surface area contributed by atoms with E-state index in [1.807, 2.05) is 18.2 Å². The van der Waals surface area contributed by atoms with Crippen LogP contribution in [0.1, 0.15) is 6.42 Å². The Morgan fingerprint density at radius 1 is 1.54 bits per heavy atom. The zero-order valence-electron chi connectivity index (χ0n) is 7.16. The van der Waals surface area contributed by atoms with Crippen LogP contribution in [0.5, 0.6) is 0 Å². The van der Waals surface area contributed by atoms with Gasteiger partial charge in [-0.3, -0.25) is 4.79 Å². The van der Waals surface area contributed by atoms with E-state index in [-0.39, 0.29) is 11.9 Å². The predicted octanol–water partition coefficient (Wildman–Crippen LogP) is 0.382. The lowest BCUT2D eigenvalue weighted by molar-refractivity contribution is -0.119. The van der Waals surface area contributed by atoms with Gasteiger partial charge in [0.15, 0.2) is 0 Å². The average molecular weight is 177 g/mol. The third-order valence-electron chi connectivity index (χ3n) is 1.99. The molecule has 1 unspecified atom stereocenters. The lowest BCUT2D eigenvalue weighted by atomic mass is 10.2. The van der Waals surface area contributed by atoms with Gasteiger partial charge in [0.25, 0.3) is 0 Å². The fourth-order valence-electron chi connectivity index (χ4n) is 1.36. The second kappa shape index (κ2) is 3.43. The van der Waals surface area contributed by atoms with Gasteiger partial charge in [0.1, 0.15) is 5.82 Å².